The van der Waals surface area contributed by atoms with Gasteiger partial charge in [-0.05, 0) is 76.9 Å². The molecule has 1 unspecified atom stereocenters. The number of benzene rings is 6. The van der Waals surface area contributed by atoms with Crippen molar-refractivity contribution in [2.24, 2.45) is 0 Å². The van der Waals surface area contributed by atoms with Crippen molar-refractivity contribution in [1.82, 2.24) is 4.57 Å². The van der Waals surface area contributed by atoms with E-state index in [1.807, 2.05) is 0 Å². The van der Waals surface area contributed by atoms with Gasteiger partial charge in [0.2, 0.25) is 0 Å². The Kier molecular flexibility index (Phi) is 4.23. The molecule has 3 aromatic heterocycles. The first-order valence-electron chi connectivity index (χ1n) is 18.0. The summed E-state index contributed by atoms with van der Waals surface area (Å²) in [5.74, 6) is 4.03. The lowest BCUT2D eigenvalue weighted by Crippen LogP contribution is -2.79. The van der Waals surface area contributed by atoms with Crippen molar-refractivity contribution < 1.29 is 13.9 Å². The van der Waals surface area contributed by atoms with Crippen molar-refractivity contribution in [2.45, 2.75) is 5.66 Å². The summed E-state index contributed by atoms with van der Waals surface area (Å²) in [4.78, 5) is 2.49. The van der Waals surface area contributed by atoms with E-state index in [0.717, 1.165) is 39.8 Å². The van der Waals surface area contributed by atoms with Gasteiger partial charge in [-0.15, -0.1) is 0 Å². The maximum Gasteiger partial charge on any atom is 0.321 e. The molecule has 52 heavy (non-hydrogen) atoms. The minimum absolute atomic E-state index is 0.815. The highest BCUT2D eigenvalue weighted by Gasteiger charge is 2.66. The van der Waals surface area contributed by atoms with E-state index in [2.05, 4.69) is 177 Å². The number of aromatic nitrogens is 3. The predicted octanol–water partition coefficient (Wildman–Crippen LogP) is 10.2. The molecule has 0 N–H and O–H groups in total. The normalized spacial score (nSPS) is 16.7. The third-order valence-corrected chi connectivity index (χ3v) is 12.3. The van der Waals surface area contributed by atoms with Gasteiger partial charge in [-0.3, -0.25) is 0 Å². The SMILES string of the molecule is c1ccc2c(c1)-c1ccccc1N1c3c-2ccc2c3C3(c4c(ccc5c6cccc7c6n(c45)-c4c(ccc[n+]43)-c3ccccc3-7)O2)[n+]2ccccc21. The quantitative estimate of drug-likeness (QED) is 0.151. The second kappa shape index (κ2) is 8.48. The fraction of sp³-hybridized carbons (Fsp3) is 0.0213. The van der Waals surface area contributed by atoms with Crippen LogP contribution in [-0.2, 0) is 5.66 Å². The topological polar surface area (TPSA) is 25.2 Å². The lowest BCUT2D eigenvalue weighted by atomic mass is 9.79. The first-order chi connectivity index (χ1) is 25.8. The van der Waals surface area contributed by atoms with Crippen LogP contribution in [0.5, 0.6) is 11.5 Å². The summed E-state index contributed by atoms with van der Waals surface area (Å²) in [5.41, 5.74) is 16.1. The lowest BCUT2D eigenvalue weighted by Gasteiger charge is -2.44. The maximum absolute atomic E-state index is 7.17. The van der Waals surface area contributed by atoms with E-state index in [1.165, 1.54) is 72.1 Å². The Morgan fingerprint density at radius 1 is 0.442 bits per heavy atom. The second-order valence-corrected chi connectivity index (χ2v) is 14.5. The van der Waals surface area contributed by atoms with E-state index >= 15 is 0 Å². The van der Waals surface area contributed by atoms with E-state index in [4.69, 9.17) is 4.74 Å². The van der Waals surface area contributed by atoms with Gasteiger partial charge in [-0.1, -0.05) is 84.9 Å². The maximum atomic E-state index is 7.17. The van der Waals surface area contributed by atoms with Gasteiger partial charge in [-0.25, -0.2) is 0 Å². The molecule has 5 nitrogen and oxygen atoms in total. The summed E-state index contributed by atoms with van der Waals surface area (Å²) in [6, 6.07) is 53.6. The summed E-state index contributed by atoms with van der Waals surface area (Å²) in [5, 5.41) is 2.49. The molecule has 6 aromatic carbocycles. The highest BCUT2D eigenvalue weighted by molar-refractivity contribution is 6.18. The zero-order valence-electron chi connectivity index (χ0n) is 27.7. The zero-order chi connectivity index (χ0) is 33.4. The molecule has 0 saturated carbocycles. The van der Waals surface area contributed by atoms with Crippen molar-refractivity contribution in [3.8, 4) is 61.8 Å². The molecule has 238 valence electrons. The van der Waals surface area contributed by atoms with Crippen LogP contribution in [0, 0.1) is 0 Å². The van der Waals surface area contributed by atoms with E-state index in [9.17, 15) is 0 Å². The molecule has 8 heterocycles. The Hall–Kier alpha value is -6.98. The predicted molar refractivity (Wildman–Crippen MR) is 203 cm³/mol. The number of rotatable bonds is 0. The van der Waals surface area contributed by atoms with Gasteiger partial charge in [0.15, 0.2) is 11.2 Å². The molecule has 0 amide bonds. The monoisotopic (exact) mass is 662 g/mol. The Labute approximate surface area is 298 Å². The number of nitrogens with zero attached hydrogens (tertiary/aromatic N) is 4. The fourth-order valence-corrected chi connectivity index (χ4v) is 10.5. The molecular weight excluding hydrogens is 637 g/mol. The van der Waals surface area contributed by atoms with Gasteiger partial charge in [0.1, 0.15) is 33.8 Å². The highest BCUT2D eigenvalue weighted by atomic mass is 16.5. The average Bonchev–Trinajstić information content (AvgIpc) is 3.41. The van der Waals surface area contributed by atoms with Crippen molar-refractivity contribution in [2.75, 3.05) is 4.90 Å². The number of pyridine rings is 2. The van der Waals surface area contributed by atoms with Crippen LogP contribution < -0.4 is 18.8 Å². The van der Waals surface area contributed by atoms with E-state index in [-0.39, 0.29) is 0 Å². The zero-order valence-corrected chi connectivity index (χ0v) is 27.7. The van der Waals surface area contributed by atoms with Crippen molar-refractivity contribution in [1.29, 1.82) is 0 Å². The van der Waals surface area contributed by atoms with Gasteiger partial charge in [-0.2, -0.15) is 18.6 Å². The highest BCUT2D eigenvalue weighted by Crippen LogP contribution is 2.63. The Morgan fingerprint density at radius 2 is 1.08 bits per heavy atom. The van der Waals surface area contributed by atoms with Crippen LogP contribution in [-0.4, -0.2) is 4.57 Å². The smallest absolute Gasteiger partial charge is 0.321 e. The van der Waals surface area contributed by atoms with Crippen LogP contribution in [0.4, 0.5) is 17.2 Å². The Bertz CT molecular complexity index is 3190. The molecule has 5 aliphatic heterocycles. The molecule has 0 saturated heterocycles. The summed E-state index contributed by atoms with van der Waals surface area (Å²) in [6.45, 7) is 0. The molecule has 0 bridgehead atoms. The summed E-state index contributed by atoms with van der Waals surface area (Å²) in [6.07, 6.45) is 4.59. The molecule has 0 radical (unpaired) electrons. The van der Waals surface area contributed by atoms with Gasteiger partial charge >= 0.3 is 5.66 Å². The van der Waals surface area contributed by atoms with Crippen LogP contribution in [0.1, 0.15) is 11.1 Å². The minimum atomic E-state index is -0.815. The van der Waals surface area contributed by atoms with E-state index in [1.54, 1.807) is 0 Å². The molecule has 5 aliphatic rings. The van der Waals surface area contributed by atoms with Gasteiger partial charge in [0.05, 0.1) is 18.0 Å². The van der Waals surface area contributed by atoms with Gasteiger partial charge < -0.3 is 4.74 Å². The molecular formula is C47H26N4O+2. The first-order valence-corrected chi connectivity index (χ1v) is 18.0. The van der Waals surface area contributed by atoms with Crippen molar-refractivity contribution in [3.63, 3.8) is 0 Å². The molecule has 5 heteroatoms. The van der Waals surface area contributed by atoms with Crippen LogP contribution in [0.25, 0.3) is 72.1 Å². The average molecular weight is 663 g/mol. The van der Waals surface area contributed by atoms with Crippen LogP contribution >= 0.6 is 0 Å². The van der Waals surface area contributed by atoms with Crippen molar-refractivity contribution >= 4 is 39.0 Å². The second-order valence-electron chi connectivity index (χ2n) is 14.5. The number of anilines is 3. The number of hydrogen-bond acceptors (Lipinski definition) is 2. The van der Waals surface area contributed by atoms with Crippen LogP contribution in [0.15, 0.2) is 158 Å². The fourth-order valence-electron chi connectivity index (χ4n) is 10.5. The van der Waals surface area contributed by atoms with Gasteiger partial charge in [0.25, 0.3) is 11.6 Å². The number of para-hydroxylation sites is 2. The third kappa shape index (κ3) is 2.60. The molecule has 1 atom stereocenters. The number of fused-ring (bicyclic) bond motifs is 11. The third-order valence-electron chi connectivity index (χ3n) is 12.3. The number of ether oxygens (including phenoxy) is 1. The summed E-state index contributed by atoms with van der Waals surface area (Å²) in [7, 11) is 0. The van der Waals surface area contributed by atoms with Gasteiger partial charge in [0, 0.05) is 33.5 Å². The molecule has 0 fully saturated rings. The molecule has 9 aromatic rings. The first kappa shape index (κ1) is 25.9. The standard InChI is InChI=1S/C47H26N4O/c1-2-12-28-27(11-1)31-15-5-6-19-37(31)50-40-20-7-8-25-48(40)47-41-38(23-21-34(28)44(41)50)52-39-24-22-35-33-17-9-16-32-29-13-3-4-14-30(29)36-18-10-26-49(47)46(36)51(43(32)33)45(35)42(39)47/h1-26H/q+2. The molecule has 14 rings (SSSR count). The van der Waals surface area contributed by atoms with E-state index < -0.39 is 5.66 Å². The van der Waals surface area contributed by atoms with Crippen LogP contribution in [0.2, 0.25) is 0 Å². The van der Waals surface area contributed by atoms with E-state index in [0.29, 0.717) is 0 Å². The lowest BCUT2D eigenvalue weighted by molar-refractivity contribution is -0.965. The van der Waals surface area contributed by atoms with Crippen LogP contribution in [0.3, 0.4) is 0 Å². The summed E-state index contributed by atoms with van der Waals surface area (Å²) < 4.78 is 14.8. The Balaban J connectivity index is 1.28. The Morgan fingerprint density at radius 3 is 1.94 bits per heavy atom. The summed E-state index contributed by atoms with van der Waals surface area (Å²) >= 11 is 0. The molecule has 0 aliphatic carbocycles. The number of hydrogen-bond donors (Lipinski definition) is 0. The molecule has 1 spiro atoms. The minimum Gasteiger partial charge on any atom is -0.456 e. The largest absolute Gasteiger partial charge is 0.456 e. The van der Waals surface area contributed by atoms with Crippen molar-refractivity contribution in [3.05, 3.63) is 169 Å².